The quantitative estimate of drug-likeness (QED) is 0.585. The molecular weight excluding hydrogens is 357 g/mol. The topological polar surface area (TPSA) is 39.4 Å². The molecule has 0 radical (unpaired) electrons. The summed E-state index contributed by atoms with van der Waals surface area (Å²) in [6, 6.07) is 10.1. The van der Waals surface area contributed by atoms with Gasteiger partial charge in [-0.25, -0.2) is 4.79 Å². The van der Waals surface area contributed by atoms with E-state index in [-0.39, 0.29) is 17.6 Å². The van der Waals surface area contributed by atoms with Gasteiger partial charge in [0.2, 0.25) is 0 Å². The van der Waals surface area contributed by atoms with Crippen molar-refractivity contribution in [3.63, 3.8) is 0 Å². The Kier molecular flexibility index (Phi) is 4.47. The van der Waals surface area contributed by atoms with Crippen LogP contribution < -0.4 is 10.4 Å². The monoisotopic (exact) mass is 368 g/mol. The number of rotatable bonds is 3. The van der Waals surface area contributed by atoms with Gasteiger partial charge in [0.05, 0.1) is 5.56 Å². The lowest BCUT2D eigenvalue weighted by molar-refractivity contribution is -0.136. The lowest BCUT2D eigenvalue weighted by Crippen LogP contribution is -2.11. The smallest absolute Gasteiger partial charge is 0.417 e. The molecule has 7 heteroatoms. The molecule has 0 atom stereocenters. The standard InChI is InChI=1S/C18H12ClF3O3/c1-10-15(24-9-11-2-4-12(19)5-3-11)7-6-13-14(18(20,21)22)8-16(23)25-17(10)13/h2-8H,9H2,1H3. The molecule has 25 heavy (non-hydrogen) atoms. The second-order valence-corrected chi connectivity index (χ2v) is 5.89. The SMILES string of the molecule is Cc1c(OCc2ccc(Cl)cc2)ccc2c(C(F)(F)F)cc(=O)oc12. The van der Waals surface area contributed by atoms with Crippen molar-refractivity contribution in [3.05, 3.63) is 74.6 Å². The van der Waals surface area contributed by atoms with Gasteiger partial charge in [0.1, 0.15) is 17.9 Å². The molecule has 0 aliphatic carbocycles. The Hall–Kier alpha value is -2.47. The van der Waals surface area contributed by atoms with Gasteiger partial charge in [-0.3, -0.25) is 0 Å². The van der Waals surface area contributed by atoms with E-state index < -0.39 is 17.4 Å². The third-order valence-electron chi connectivity index (χ3n) is 3.72. The van der Waals surface area contributed by atoms with Crippen molar-refractivity contribution in [1.82, 2.24) is 0 Å². The zero-order valence-corrected chi connectivity index (χ0v) is 13.7. The zero-order valence-electron chi connectivity index (χ0n) is 13.0. The van der Waals surface area contributed by atoms with Crippen LogP contribution in [0.5, 0.6) is 5.75 Å². The van der Waals surface area contributed by atoms with Crippen LogP contribution in [0.3, 0.4) is 0 Å². The molecule has 130 valence electrons. The highest BCUT2D eigenvalue weighted by Crippen LogP contribution is 2.36. The number of benzene rings is 2. The molecule has 3 aromatic rings. The summed E-state index contributed by atoms with van der Waals surface area (Å²) in [4.78, 5) is 11.5. The van der Waals surface area contributed by atoms with E-state index in [0.29, 0.717) is 22.4 Å². The van der Waals surface area contributed by atoms with Crippen LogP contribution in [0.25, 0.3) is 11.0 Å². The summed E-state index contributed by atoms with van der Waals surface area (Å²) >= 11 is 5.81. The summed E-state index contributed by atoms with van der Waals surface area (Å²) in [6.45, 7) is 1.75. The van der Waals surface area contributed by atoms with Crippen LogP contribution in [0.15, 0.2) is 51.7 Å². The molecule has 0 amide bonds. The highest BCUT2D eigenvalue weighted by atomic mass is 35.5. The first-order chi connectivity index (χ1) is 11.8. The van der Waals surface area contributed by atoms with Crippen LogP contribution in [0, 0.1) is 6.92 Å². The van der Waals surface area contributed by atoms with Crippen molar-refractivity contribution >= 4 is 22.6 Å². The largest absolute Gasteiger partial charge is 0.488 e. The summed E-state index contributed by atoms with van der Waals surface area (Å²) in [6.07, 6.45) is -4.65. The molecule has 0 aliphatic rings. The number of hydrogen-bond donors (Lipinski definition) is 0. The van der Waals surface area contributed by atoms with Crippen molar-refractivity contribution < 1.29 is 22.3 Å². The number of halogens is 4. The summed E-state index contributed by atoms with van der Waals surface area (Å²) in [5, 5.41) is 0.413. The van der Waals surface area contributed by atoms with Gasteiger partial charge >= 0.3 is 11.8 Å². The molecule has 1 aromatic heterocycles. The minimum atomic E-state index is -4.65. The van der Waals surface area contributed by atoms with Crippen LogP contribution in [0.2, 0.25) is 5.02 Å². The summed E-state index contributed by atoms with van der Waals surface area (Å²) in [5.41, 5.74) is -1.04. The lowest BCUT2D eigenvalue weighted by atomic mass is 10.1. The van der Waals surface area contributed by atoms with Gasteiger partial charge in [-0.05, 0) is 36.8 Å². The highest BCUT2D eigenvalue weighted by Gasteiger charge is 2.34. The van der Waals surface area contributed by atoms with E-state index in [1.165, 1.54) is 12.1 Å². The molecule has 3 nitrogen and oxygen atoms in total. The van der Waals surface area contributed by atoms with Gasteiger partial charge in [-0.2, -0.15) is 13.2 Å². The van der Waals surface area contributed by atoms with E-state index in [1.807, 2.05) is 0 Å². The normalized spacial score (nSPS) is 11.7. The Bertz CT molecular complexity index is 976. The molecule has 0 unspecified atom stereocenters. The maximum atomic E-state index is 13.1. The zero-order chi connectivity index (χ0) is 18.2. The Balaban J connectivity index is 1.99. The molecule has 3 rings (SSSR count). The Labute approximate surface area is 145 Å². The molecule has 0 bridgehead atoms. The number of alkyl halides is 3. The first kappa shape index (κ1) is 17.4. The average molecular weight is 369 g/mol. The van der Waals surface area contributed by atoms with E-state index in [9.17, 15) is 18.0 Å². The molecule has 0 saturated carbocycles. The number of hydrogen-bond acceptors (Lipinski definition) is 3. The molecular formula is C18H12ClF3O3. The Morgan fingerprint density at radius 3 is 2.44 bits per heavy atom. The maximum absolute atomic E-state index is 13.1. The van der Waals surface area contributed by atoms with E-state index >= 15 is 0 Å². The van der Waals surface area contributed by atoms with Gasteiger partial charge in [0.25, 0.3) is 0 Å². The molecule has 1 heterocycles. The van der Waals surface area contributed by atoms with Crippen molar-refractivity contribution in [2.75, 3.05) is 0 Å². The van der Waals surface area contributed by atoms with Crippen LogP contribution in [0.1, 0.15) is 16.7 Å². The minimum Gasteiger partial charge on any atom is -0.488 e. The predicted octanol–water partition coefficient (Wildman–Crippen LogP) is 5.35. The van der Waals surface area contributed by atoms with Gasteiger partial charge < -0.3 is 9.15 Å². The summed E-state index contributed by atoms with van der Waals surface area (Å²) in [7, 11) is 0. The number of aryl methyl sites for hydroxylation is 1. The Morgan fingerprint density at radius 1 is 1.12 bits per heavy atom. The van der Waals surface area contributed by atoms with Crippen molar-refractivity contribution in [2.24, 2.45) is 0 Å². The fourth-order valence-electron chi connectivity index (χ4n) is 2.48. The Morgan fingerprint density at radius 2 is 1.80 bits per heavy atom. The second-order valence-electron chi connectivity index (χ2n) is 5.46. The third kappa shape index (κ3) is 3.64. The van der Waals surface area contributed by atoms with Gasteiger partial charge in [0, 0.05) is 22.0 Å². The first-order valence-corrected chi connectivity index (χ1v) is 7.65. The molecule has 2 aromatic carbocycles. The van der Waals surface area contributed by atoms with Crippen LogP contribution in [-0.4, -0.2) is 0 Å². The molecule has 0 spiro atoms. The second kappa shape index (κ2) is 6.44. The van der Waals surface area contributed by atoms with Crippen molar-refractivity contribution in [2.45, 2.75) is 19.7 Å². The van der Waals surface area contributed by atoms with E-state index in [4.69, 9.17) is 20.8 Å². The molecule has 0 fully saturated rings. The predicted molar refractivity (Wildman–Crippen MR) is 88.0 cm³/mol. The molecule has 0 saturated heterocycles. The fraction of sp³-hybridized carbons (Fsp3) is 0.167. The molecule has 0 N–H and O–H groups in total. The summed E-state index contributed by atoms with van der Waals surface area (Å²) in [5.74, 6) is 0.338. The lowest BCUT2D eigenvalue weighted by Gasteiger charge is -2.13. The number of fused-ring (bicyclic) bond motifs is 1. The van der Waals surface area contributed by atoms with Crippen LogP contribution in [-0.2, 0) is 12.8 Å². The maximum Gasteiger partial charge on any atom is 0.417 e. The fourth-order valence-corrected chi connectivity index (χ4v) is 2.60. The highest BCUT2D eigenvalue weighted by molar-refractivity contribution is 6.30. The van der Waals surface area contributed by atoms with Crippen molar-refractivity contribution in [1.29, 1.82) is 0 Å². The number of ether oxygens (including phenoxy) is 1. The van der Waals surface area contributed by atoms with E-state index in [2.05, 4.69) is 0 Å². The van der Waals surface area contributed by atoms with Gasteiger partial charge in [-0.15, -0.1) is 0 Å². The van der Waals surface area contributed by atoms with Crippen LogP contribution in [0.4, 0.5) is 13.2 Å². The van der Waals surface area contributed by atoms with E-state index in [1.54, 1.807) is 31.2 Å². The third-order valence-corrected chi connectivity index (χ3v) is 3.98. The minimum absolute atomic E-state index is 0.131. The van der Waals surface area contributed by atoms with Gasteiger partial charge in [0.15, 0.2) is 0 Å². The summed E-state index contributed by atoms with van der Waals surface area (Å²) < 4.78 is 50.0. The van der Waals surface area contributed by atoms with Crippen LogP contribution >= 0.6 is 11.6 Å². The first-order valence-electron chi connectivity index (χ1n) is 7.27. The van der Waals surface area contributed by atoms with Gasteiger partial charge in [-0.1, -0.05) is 23.7 Å². The van der Waals surface area contributed by atoms with Crippen molar-refractivity contribution in [3.8, 4) is 5.75 Å². The molecule has 0 aliphatic heterocycles. The average Bonchev–Trinajstić information content (AvgIpc) is 2.55. The van der Waals surface area contributed by atoms with E-state index in [0.717, 1.165) is 5.56 Å².